The minimum Gasteiger partial charge on any atom is -0.385 e. The van der Waals surface area contributed by atoms with E-state index in [1.165, 1.54) is 24.1 Å². The Bertz CT molecular complexity index is 466. The van der Waals surface area contributed by atoms with E-state index in [-0.39, 0.29) is 5.91 Å². The smallest absolute Gasteiger partial charge is 0.224 e. The molecule has 0 radical (unpaired) electrons. The molecule has 0 aliphatic carbocycles. The highest BCUT2D eigenvalue weighted by molar-refractivity contribution is 5.94. The van der Waals surface area contributed by atoms with Gasteiger partial charge in [-0.2, -0.15) is 0 Å². The quantitative estimate of drug-likeness (QED) is 0.778. The molecule has 0 aromatic heterocycles. The lowest BCUT2D eigenvalue weighted by molar-refractivity contribution is -0.116. The highest BCUT2D eigenvalue weighted by Gasteiger charge is 2.16. The standard InChI is InChI=1S/C15H21N3O/c19-15-4-1-12-9-13(2-3-14(12)18-15)17-10-11-5-7-16-8-6-11/h2-3,9,11,16-17H,1,4-8,10H2,(H,18,19). The van der Waals surface area contributed by atoms with Crippen molar-refractivity contribution < 1.29 is 4.79 Å². The van der Waals surface area contributed by atoms with E-state index in [0.29, 0.717) is 6.42 Å². The summed E-state index contributed by atoms with van der Waals surface area (Å²) in [6, 6.07) is 6.25. The number of amides is 1. The SMILES string of the molecule is O=C1CCc2cc(NCC3CCNCC3)ccc2N1. The van der Waals surface area contributed by atoms with Crippen molar-refractivity contribution in [2.75, 3.05) is 30.3 Å². The molecule has 4 heteroatoms. The molecule has 102 valence electrons. The summed E-state index contributed by atoms with van der Waals surface area (Å²) < 4.78 is 0. The van der Waals surface area contributed by atoms with Gasteiger partial charge < -0.3 is 16.0 Å². The zero-order valence-electron chi connectivity index (χ0n) is 11.2. The molecular formula is C15H21N3O. The number of rotatable bonds is 3. The van der Waals surface area contributed by atoms with Crippen molar-refractivity contribution in [1.29, 1.82) is 0 Å². The number of carbonyl (C=O) groups is 1. The second kappa shape index (κ2) is 5.61. The topological polar surface area (TPSA) is 53.2 Å². The van der Waals surface area contributed by atoms with Crippen LogP contribution in [0.3, 0.4) is 0 Å². The van der Waals surface area contributed by atoms with Crippen LogP contribution in [0.15, 0.2) is 18.2 Å². The number of nitrogens with one attached hydrogen (secondary N) is 3. The lowest BCUT2D eigenvalue weighted by Gasteiger charge is -2.24. The van der Waals surface area contributed by atoms with Crippen LogP contribution in [0.5, 0.6) is 0 Å². The van der Waals surface area contributed by atoms with E-state index >= 15 is 0 Å². The Kier molecular flexibility index (Phi) is 3.69. The number of benzene rings is 1. The summed E-state index contributed by atoms with van der Waals surface area (Å²) in [7, 11) is 0. The van der Waals surface area contributed by atoms with E-state index in [4.69, 9.17) is 0 Å². The number of anilines is 2. The van der Waals surface area contributed by atoms with Gasteiger partial charge >= 0.3 is 0 Å². The largest absolute Gasteiger partial charge is 0.385 e. The Morgan fingerprint density at radius 1 is 1.21 bits per heavy atom. The van der Waals surface area contributed by atoms with E-state index in [1.54, 1.807) is 0 Å². The third kappa shape index (κ3) is 3.07. The molecule has 2 aliphatic heterocycles. The molecule has 0 unspecified atom stereocenters. The molecule has 1 aromatic rings. The Hall–Kier alpha value is -1.55. The van der Waals surface area contributed by atoms with Crippen molar-refractivity contribution in [2.45, 2.75) is 25.7 Å². The molecule has 4 nitrogen and oxygen atoms in total. The lowest BCUT2D eigenvalue weighted by atomic mass is 9.98. The summed E-state index contributed by atoms with van der Waals surface area (Å²) in [5.74, 6) is 0.903. The fourth-order valence-corrected chi connectivity index (χ4v) is 2.84. The first-order valence-electron chi connectivity index (χ1n) is 7.18. The molecule has 1 aromatic carbocycles. The summed E-state index contributed by atoms with van der Waals surface area (Å²) >= 11 is 0. The number of hydrogen-bond acceptors (Lipinski definition) is 3. The van der Waals surface area contributed by atoms with Crippen LogP contribution in [-0.2, 0) is 11.2 Å². The Labute approximate surface area is 114 Å². The van der Waals surface area contributed by atoms with Gasteiger partial charge in [-0.05, 0) is 62.0 Å². The molecule has 2 aliphatic rings. The summed E-state index contributed by atoms with van der Waals surface area (Å²) in [5.41, 5.74) is 3.40. The highest BCUT2D eigenvalue weighted by atomic mass is 16.1. The van der Waals surface area contributed by atoms with Crippen molar-refractivity contribution in [1.82, 2.24) is 5.32 Å². The molecule has 3 N–H and O–H groups in total. The highest BCUT2D eigenvalue weighted by Crippen LogP contribution is 2.26. The maximum atomic E-state index is 11.3. The number of carbonyl (C=O) groups excluding carboxylic acids is 1. The number of aryl methyl sites for hydroxylation is 1. The van der Waals surface area contributed by atoms with Crippen LogP contribution < -0.4 is 16.0 Å². The summed E-state index contributed by atoms with van der Waals surface area (Å²) in [6.45, 7) is 3.33. The van der Waals surface area contributed by atoms with Crippen LogP contribution in [-0.4, -0.2) is 25.5 Å². The lowest BCUT2D eigenvalue weighted by Crippen LogP contribution is -2.31. The molecule has 0 bridgehead atoms. The monoisotopic (exact) mass is 259 g/mol. The van der Waals surface area contributed by atoms with Crippen molar-refractivity contribution in [3.63, 3.8) is 0 Å². The predicted octanol–water partition coefficient (Wildman–Crippen LogP) is 1.98. The van der Waals surface area contributed by atoms with Crippen LogP contribution in [0, 0.1) is 5.92 Å². The average Bonchev–Trinajstić information content (AvgIpc) is 2.46. The van der Waals surface area contributed by atoms with Gasteiger partial charge in [-0.15, -0.1) is 0 Å². The van der Waals surface area contributed by atoms with Gasteiger partial charge in [0.15, 0.2) is 0 Å². The van der Waals surface area contributed by atoms with Crippen molar-refractivity contribution in [3.05, 3.63) is 23.8 Å². The van der Waals surface area contributed by atoms with E-state index in [0.717, 1.165) is 37.7 Å². The van der Waals surface area contributed by atoms with Gasteiger partial charge in [-0.25, -0.2) is 0 Å². The first-order chi connectivity index (χ1) is 9.31. The van der Waals surface area contributed by atoms with E-state index < -0.39 is 0 Å². The third-order valence-corrected chi connectivity index (χ3v) is 4.05. The minimum atomic E-state index is 0.128. The van der Waals surface area contributed by atoms with E-state index in [2.05, 4.69) is 28.1 Å². The molecule has 1 amide bonds. The third-order valence-electron chi connectivity index (χ3n) is 4.05. The minimum absolute atomic E-state index is 0.128. The van der Waals surface area contributed by atoms with Gasteiger partial charge in [-0.1, -0.05) is 0 Å². The molecule has 19 heavy (non-hydrogen) atoms. The van der Waals surface area contributed by atoms with Crippen LogP contribution >= 0.6 is 0 Å². The second-order valence-electron chi connectivity index (χ2n) is 5.49. The van der Waals surface area contributed by atoms with Gasteiger partial charge in [-0.3, -0.25) is 4.79 Å². The van der Waals surface area contributed by atoms with E-state index in [1.807, 2.05) is 6.07 Å². The maximum absolute atomic E-state index is 11.3. The van der Waals surface area contributed by atoms with Crippen LogP contribution in [0.25, 0.3) is 0 Å². The fourth-order valence-electron chi connectivity index (χ4n) is 2.84. The number of fused-ring (bicyclic) bond motifs is 1. The normalized spacial score (nSPS) is 19.7. The first-order valence-corrected chi connectivity index (χ1v) is 7.18. The molecule has 3 rings (SSSR count). The summed E-state index contributed by atoms with van der Waals surface area (Å²) in [5, 5.41) is 9.84. The Morgan fingerprint density at radius 3 is 2.89 bits per heavy atom. The Morgan fingerprint density at radius 2 is 2.05 bits per heavy atom. The van der Waals surface area contributed by atoms with Gasteiger partial charge in [0.05, 0.1) is 0 Å². The van der Waals surface area contributed by atoms with Crippen molar-refractivity contribution >= 4 is 17.3 Å². The van der Waals surface area contributed by atoms with Crippen molar-refractivity contribution in [3.8, 4) is 0 Å². The second-order valence-corrected chi connectivity index (χ2v) is 5.49. The van der Waals surface area contributed by atoms with Gasteiger partial charge in [0.2, 0.25) is 5.91 Å². The summed E-state index contributed by atoms with van der Waals surface area (Å²) in [6.07, 6.45) is 3.97. The molecular weight excluding hydrogens is 238 g/mol. The van der Waals surface area contributed by atoms with Gasteiger partial charge in [0.1, 0.15) is 0 Å². The van der Waals surface area contributed by atoms with Crippen molar-refractivity contribution in [2.24, 2.45) is 5.92 Å². The molecule has 0 atom stereocenters. The summed E-state index contributed by atoms with van der Waals surface area (Å²) in [4.78, 5) is 11.3. The molecule has 1 fully saturated rings. The van der Waals surface area contributed by atoms with Gasteiger partial charge in [0, 0.05) is 24.3 Å². The zero-order valence-corrected chi connectivity index (χ0v) is 11.2. The molecule has 0 spiro atoms. The van der Waals surface area contributed by atoms with Crippen LogP contribution in [0.2, 0.25) is 0 Å². The first kappa shape index (κ1) is 12.5. The van der Waals surface area contributed by atoms with Gasteiger partial charge in [0.25, 0.3) is 0 Å². The zero-order chi connectivity index (χ0) is 13.1. The molecule has 0 saturated carbocycles. The Balaban J connectivity index is 1.60. The van der Waals surface area contributed by atoms with Crippen LogP contribution in [0.4, 0.5) is 11.4 Å². The number of hydrogen-bond donors (Lipinski definition) is 3. The molecule has 1 saturated heterocycles. The van der Waals surface area contributed by atoms with Crippen LogP contribution in [0.1, 0.15) is 24.8 Å². The fraction of sp³-hybridized carbons (Fsp3) is 0.533. The number of piperidine rings is 1. The predicted molar refractivity (Wildman–Crippen MR) is 77.5 cm³/mol. The molecule has 2 heterocycles. The average molecular weight is 259 g/mol. The maximum Gasteiger partial charge on any atom is 0.224 e. The van der Waals surface area contributed by atoms with E-state index in [9.17, 15) is 4.79 Å².